The number of nitrogens with one attached hydrogen (secondary N) is 2. The van der Waals surface area contributed by atoms with Crippen molar-refractivity contribution in [3.8, 4) is 0 Å². The Hall–Kier alpha value is -3.57. The van der Waals surface area contributed by atoms with Crippen molar-refractivity contribution >= 4 is 45.7 Å². The number of thioether (sulfide) groups is 1. The van der Waals surface area contributed by atoms with E-state index in [0.717, 1.165) is 26.9 Å². The first-order chi connectivity index (χ1) is 15.1. The number of rotatable bonds is 6. The first-order valence-electron chi connectivity index (χ1n) is 9.96. The number of anilines is 2. The van der Waals surface area contributed by atoms with Gasteiger partial charge in [0.15, 0.2) is 0 Å². The van der Waals surface area contributed by atoms with Gasteiger partial charge in [-0.15, -0.1) is 11.8 Å². The summed E-state index contributed by atoms with van der Waals surface area (Å²) in [4.78, 5) is 25.8. The number of hydrogen-bond acceptors (Lipinski definition) is 3. The molecule has 31 heavy (non-hydrogen) atoms. The molecule has 2 amide bonds. The van der Waals surface area contributed by atoms with Crippen LogP contribution in [-0.2, 0) is 4.79 Å². The zero-order valence-electron chi connectivity index (χ0n) is 17.1. The molecule has 5 heteroatoms. The van der Waals surface area contributed by atoms with Gasteiger partial charge < -0.3 is 10.6 Å². The van der Waals surface area contributed by atoms with Crippen molar-refractivity contribution in [1.29, 1.82) is 0 Å². The van der Waals surface area contributed by atoms with Gasteiger partial charge in [-0.1, -0.05) is 54.1 Å². The maximum absolute atomic E-state index is 12.5. The summed E-state index contributed by atoms with van der Waals surface area (Å²) in [6.07, 6.45) is 0. The molecule has 0 spiro atoms. The number of aryl methyl sites for hydroxylation is 1. The van der Waals surface area contributed by atoms with Crippen LogP contribution in [0.2, 0.25) is 0 Å². The quantitative estimate of drug-likeness (QED) is 0.365. The van der Waals surface area contributed by atoms with Gasteiger partial charge in [0.25, 0.3) is 5.91 Å². The summed E-state index contributed by atoms with van der Waals surface area (Å²) in [5.74, 6) is 0.0524. The van der Waals surface area contributed by atoms with Crippen LogP contribution in [0.4, 0.5) is 11.4 Å². The van der Waals surface area contributed by atoms with Gasteiger partial charge >= 0.3 is 0 Å². The van der Waals surface area contributed by atoms with Crippen molar-refractivity contribution in [2.24, 2.45) is 0 Å². The summed E-state index contributed by atoms with van der Waals surface area (Å²) < 4.78 is 0. The van der Waals surface area contributed by atoms with Crippen LogP contribution >= 0.6 is 11.8 Å². The minimum Gasteiger partial charge on any atom is -0.325 e. The van der Waals surface area contributed by atoms with Gasteiger partial charge in [0, 0.05) is 21.8 Å². The smallest absolute Gasteiger partial charge is 0.255 e. The Labute approximate surface area is 185 Å². The average Bonchev–Trinajstić information content (AvgIpc) is 2.78. The molecule has 0 fully saturated rings. The van der Waals surface area contributed by atoms with Crippen molar-refractivity contribution in [3.05, 3.63) is 102 Å². The third-order valence-corrected chi connectivity index (χ3v) is 5.77. The molecule has 0 unspecified atom stereocenters. The fourth-order valence-corrected chi connectivity index (χ4v) is 4.02. The highest BCUT2D eigenvalue weighted by Crippen LogP contribution is 2.23. The molecule has 4 nitrogen and oxygen atoms in total. The zero-order valence-corrected chi connectivity index (χ0v) is 17.9. The van der Waals surface area contributed by atoms with Gasteiger partial charge in [-0.3, -0.25) is 9.59 Å². The van der Waals surface area contributed by atoms with E-state index in [-0.39, 0.29) is 17.6 Å². The van der Waals surface area contributed by atoms with Crippen LogP contribution in [0.1, 0.15) is 15.9 Å². The second kappa shape index (κ2) is 9.49. The largest absolute Gasteiger partial charge is 0.325 e. The molecular formula is C26H22N2O2S. The van der Waals surface area contributed by atoms with Crippen molar-refractivity contribution in [2.75, 3.05) is 16.4 Å². The third kappa shape index (κ3) is 5.53. The van der Waals surface area contributed by atoms with Crippen LogP contribution in [0.25, 0.3) is 10.8 Å². The van der Waals surface area contributed by atoms with E-state index < -0.39 is 0 Å². The monoisotopic (exact) mass is 426 g/mol. The van der Waals surface area contributed by atoms with Gasteiger partial charge in [0.05, 0.1) is 5.75 Å². The van der Waals surface area contributed by atoms with E-state index in [1.54, 1.807) is 6.07 Å². The Morgan fingerprint density at radius 1 is 0.742 bits per heavy atom. The Kier molecular flexibility index (Phi) is 6.34. The zero-order chi connectivity index (χ0) is 21.6. The van der Waals surface area contributed by atoms with Gasteiger partial charge in [0.2, 0.25) is 5.91 Å². The summed E-state index contributed by atoms with van der Waals surface area (Å²) in [6.45, 7) is 1.96. The highest BCUT2D eigenvalue weighted by Gasteiger charge is 2.08. The first-order valence-corrected chi connectivity index (χ1v) is 10.9. The van der Waals surface area contributed by atoms with Crippen LogP contribution in [-0.4, -0.2) is 17.6 Å². The Morgan fingerprint density at radius 3 is 2.35 bits per heavy atom. The lowest BCUT2D eigenvalue weighted by Crippen LogP contribution is -2.14. The van der Waals surface area contributed by atoms with Crippen LogP contribution in [0.3, 0.4) is 0 Å². The number of fused-ring (bicyclic) bond motifs is 1. The molecule has 0 saturated carbocycles. The molecule has 4 aromatic rings. The molecule has 0 bridgehead atoms. The molecule has 0 atom stereocenters. The Balaban J connectivity index is 1.35. The number of amides is 2. The van der Waals surface area contributed by atoms with Crippen molar-refractivity contribution in [2.45, 2.75) is 11.8 Å². The molecule has 0 saturated heterocycles. The molecule has 4 aromatic carbocycles. The standard InChI is InChI=1S/C26H22N2O2S/c1-18-6-4-9-21(14-18)26(30)28-22-10-5-11-24(16-22)31-17-25(29)27-23-13-12-19-7-2-3-8-20(19)15-23/h2-16H,17H2,1H3,(H,27,29)(H,28,30). The second-order valence-electron chi connectivity index (χ2n) is 7.25. The van der Waals surface area contributed by atoms with Gasteiger partial charge in [-0.2, -0.15) is 0 Å². The fraction of sp³-hybridized carbons (Fsp3) is 0.0769. The van der Waals surface area contributed by atoms with E-state index in [1.807, 2.05) is 91.9 Å². The number of carbonyl (C=O) groups is 2. The van der Waals surface area contributed by atoms with Crippen LogP contribution in [0, 0.1) is 6.92 Å². The summed E-state index contributed by atoms with van der Waals surface area (Å²) in [7, 11) is 0. The maximum atomic E-state index is 12.5. The lowest BCUT2D eigenvalue weighted by atomic mass is 10.1. The minimum absolute atomic E-state index is 0.0746. The van der Waals surface area contributed by atoms with Crippen LogP contribution < -0.4 is 10.6 Å². The molecule has 0 aliphatic heterocycles. The van der Waals surface area contributed by atoms with Crippen molar-refractivity contribution in [3.63, 3.8) is 0 Å². The lowest BCUT2D eigenvalue weighted by Gasteiger charge is -2.09. The molecule has 4 rings (SSSR count). The summed E-state index contributed by atoms with van der Waals surface area (Å²) in [5, 5.41) is 8.09. The summed E-state index contributed by atoms with van der Waals surface area (Å²) >= 11 is 1.43. The van der Waals surface area contributed by atoms with E-state index in [2.05, 4.69) is 10.6 Å². The summed E-state index contributed by atoms with van der Waals surface area (Å²) in [5.41, 5.74) is 3.14. The van der Waals surface area contributed by atoms with Crippen molar-refractivity contribution < 1.29 is 9.59 Å². The maximum Gasteiger partial charge on any atom is 0.255 e. The summed E-state index contributed by atoms with van der Waals surface area (Å²) in [6, 6.07) is 28.9. The SMILES string of the molecule is Cc1cccc(C(=O)Nc2cccc(SCC(=O)Nc3ccc4ccccc4c3)c2)c1. The number of carbonyl (C=O) groups excluding carboxylic acids is 2. The van der Waals surface area contributed by atoms with Crippen molar-refractivity contribution in [1.82, 2.24) is 0 Å². The molecule has 0 aliphatic carbocycles. The molecule has 0 aliphatic rings. The lowest BCUT2D eigenvalue weighted by molar-refractivity contribution is -0.113. The highest BCUT2D eigenvalue weighted by molar-refractivity contribution is 8.00. The number of hydrogen-bond donors (Lipinski definition) is 2. The Bertz CT molecular complexity index is 1250. The average molecular weight is 427 g/mol. The molecular weight excluding hydrogens is 404 g/mol. The normalized spacial score (nSPS) is 10.6. The van der Waals surface area contributed by atoms with E-state index in [4.69, 9.17) is 0 Å². The first kappa shape index (κ1) is 20.7. The van der Waals surface area contributed by atoms with E-state index in [9.17, 15) is 9.59 Å². The van der Waals surface area contributed by atoms with Gasteiger partial charge in [-0.25, -0.2) is 0 Å². The van der Waals surface area contributed by atoms with Crippen LogP contribution in [0.5, 0.6) is 0 Å². The molecule has 0 aromatic heterocycles. The topological polar surface area (TPSA) is 58.2 Å². The van der Waals surface area contributed by atoms with E-state index in [1.165, 1.54) is 11.8 Å². The molecule has 0 radical (unpaired) electrons. The second-order valence-corrected chi connectivity index (χ2v) is 8.30. The van der Waals surface area contributed by atoms with Gasteiger partial charge in [-0.05, 0) is 60.2 Å². The fourth-order valence-electron chi connectivity index (χ4n) is 3.27. The highest BCUT2D eigenvalue weighted by atomic mass is 32.2. The van der Waals surface area contributed by atoms with Crippen LogP contribution in [0.15, 0.2) is 95.9 Å². The van der Waals surface area contributed by atoms with E-state index >= 15 is 0 Å². The predicted octanol–water partition coefficient (Wildman–Crippen LogP) is 6.13. The third-order valence-electron chi connectivity index (χ3n) is 4.78. The minimum atomic E-state index is -0.153. The van der Waals surface area contributed by atoms with Gasteiger partial charge in [0.1, 0.15) is 0 Å². The number of benzene rings is 4. The van der Waals surface area contributed by atoms with E-state index in [0.29, 0.717) is 11.3 Å². The Morgan fingerprint density at radius 2 is 1.52 bits per heavy atom. The molecule has 2 N–H and O–H groups in total. The molecule has 0 heterocycles. The predicted molar refractivity (Wildman–Crippen MR) is 129 cm³/mol. The molecule has 154 valence electrons.